The van der Waals surface area contributed by atoms with Gasteiger partial charge in [-0.25, -0.2) is 14.4 Å². The number of hydrogen-bond donors (Lipinski definition) is 2. The van der Waals surface area contributed by atoms with Gasteiger partial charge < -0.3 is 20.1 Å². The van der Waals surface area contributed by atoms with Crippen LogP contribution in [0.5, 0.6) is 17.4 Å². The lowest BCUT2D eigenvalue weighted by molar-refractivity contribution is 0.0949. The molecule has 2 aromatic heterocycles. The molecule has 3 aromatic rings. The van der Waals surface area contributed by atoms with Gasteiger partial charge in [0.1, 0.15) is 23.1 Å². The number of ether oxygens (including phenoxy) is 2. The molecular formula is C26H26FN5O3. The number of hydrogen-bond acceptors (Lipinski definition) is 7. The number of aliphatic imine (C=N–C) groups is 1. The number of methoxy groups -OCH3 is 1. The molecule has 1 atom stereocenters. The molecule has 8 nitrogen and oxygen atoms in total. The van der Waals surface area contributed by atoms with E-state index >= 15 is 0 Å². The van der Waals surface area contributed by atoms with Crippen LogP contribution in [0.4, 0.5) is 10.2 Å². The summed E-state index contributed by atoms with van der Waals surface area (Å²) in [5.41, 5.74) is 2.44. The first-order valence-corrected chi connectivity index (χ1v) is 11.2. The van der Waals surface area contributed by atoms with Gasteiger partial charge in [0.05, 0.1) is 25.0 Å². The summed E-state index contributed by atoms with van der Waals surface area (Å²) in [6.07, 6.45) is 7.50. The van der Waals surface area contributed by atoms with Gasteiger partial charge in [0.15, 0.2) is 0 Å². The molecule has 0 radical (unpaired) electrons. The average molecular weight is 476 g/mol. The number of anilines is 1. The van der Waals surface area contributed by atoms with E-state index in [9.17, 15) is 9.18 Å². The van der Waals surface area contributed by atoms with Crippen molar-refractivity contribution in [3.8, 4) is 17.4 Å². The van der Waals surface area contributed by atoms with Crippen LogP contribution in [0.1, 0.15) is 34.8 Å². The molecule has 3 heterocycles. The second-order valence-electron chi connectivity index (χ2n) is 7.91. The number of benzene rings is 1. The highest BCUT2D eigenvalue weighted by Gasteiger charge is 2.15. The fourth-order valence-corrected chi connectivity index (χ4v) is 3.61. The minimum Gasteiger partial charge on any atom is -0.481 e. The maximum atomic E-state index is 13.6. The summed E-state index contributed by atoms with van der Waals surface area (Å²) in [5.74, 6) is 1.16. The molecule has 180 valence electrons. The number of amides is 1. The minimum atomic E-state index is -0.505. The highest BCUT2D eigenvalue weighted by Crippen LogP contribution is 2.28. The van der Waals surface area contributed by atoms with E-state index in [1.54, 1.807) is 49.7 Å². The summed E-state index contributed by atoms with van der Waals surface area (Å²) in [6, 6.07) is 10.2. The molecular weight excluding hydrogens is 449 g/mol. The predicted molar refractivity (Wildman–Crippen MR) is 132 cm³/mol. The number of aromatic nitrogens is 2. The maximum absolute atomic E-state index is 13.6. The quantitative estimate of drug-likeness (QED) is 0.461. The zero-order valence-corrected chi connectivity index (χ0v) is 19.7. The molecule has 0 fully saturated rings. The smallest absolute Gasteiger partial charge is 0.251 e. The van der Waals surface area contributed by atoms with Gasteiger partial charge in [0, 0.05) is 41.7 Å². The first-order chi connectivity index (χ1) is 17.0. The standard InChI is InChI=1S/C26H26FN5O3/c1-4-19-11-20(15-29-19)32-24-12-21(8-9-28-24)35-23-7-5-6-22(16(23)2)25(33)30-13-17-10-18(27)14-31-26(17)34-3/h5-12,14-15,19H,4,13H2,1-3H3,(H,28,32)(H,30,33). The Kier molecular flexibility index (Phi) is 7.35. The van der Waals surface area contributed by atoms with Gasteiger partial charge in [0.2, 0.25) is 5.88 Å². The highest BCUT2D eigenvalue weighted by atomic mass is 19.1. The van der Waals surface area contributed by atoms with E-state index in [0.717, 1.165) is 18.3 Å². The van der Waals surface area contributed by atoms with Gasteiger partial charge in [-0.3, -0.25) is 9.79 Å². The Balaban J connectivity index is 1.45. The van der Waals surface area contributed by atoms with Crippen LogP contribution in [-0.2, 0) is 6.54 Å². The second kappa shape index (κ2) is 10.8. The third-order valence-corrected chi connectivity index (χ3v) is 5.48. The van der Waals surface area contributed by atoms with E-state index in [2.05, 4.69) is 38.6 Å². The van der Waals surface area contributed by atoms with Crippen molar-refractivity contribution >= 4 is 17.9 Å². The number of allylic oxidation sites excluding steroid dienone is 1. The molecule has 35 heavy (non-hydrogen) atoms. The number of nitrogens with zero attached hydrogens (tertiary/aromatic N) is 3. The summed E-state index contributed by atoms with van der Waals surface area (Å²) in [4.78, 5) is 25.5. The summed E-state index contributed by atoms with van der Waals surface area (Å²) in [7, 11) is 1.44. The van der Waals surface area contributed by atoms with Gasteiger partial charge in [-0.2, -0.15) is 0 Å². The zero-order chi connectivity index (χ0) is 24.8. The van der Waals surface area contributed by atoms with Crippen LogP contribution < -0.4 is 20.1 Å². The fourth-order valence-electron chi connectivity index (χ4n) is 3.61. The predicted octanol–water partition coefficient (Wildman–Crippen LogP) is 4.81. The Bertz CT molecular complexity index is 1290. The van der Waals surface area contributed by atoms with Gasteiger partial charge in [-0.1, -0.05) is 13.0 Å². The fraction of sp³-hybridized carbons (Fsp3) is 0.231. The van der Waals surface area contributed by atoms with Crippen LogP contribution >= 0.6 is 0 Å². The number of carbonyl (C=O) groups excluding carboxylic acids is 1. The van der Waals surface area contributed by atoms with Crippen LogP contribution in [0.2, 0.25) is 0 Å². The van der Waals surface area contributed by atoms with Crippen LogP contribution in [-0.4, -0.2) is 35.2 Å². The van der Waals surface area contributed by atoms with Gasteiger partial charge in [-0.05, 0) is 43.7 Å². The van der Waals surface area contributed by atoms with Crippen molar-refractivity contribution in [1.82, 2.24) is 15.3 Å². The van der Waals surface area contributed by atoms with Crippen molar-refractivity contribution < 1.29 is 18.7 Å². The monoisotopic (exact) mass is 475 g/mol. The molecule has 0 spiro atoms. The molecule has 0 aliphatic carbocycles. The van der Waals surface area contributed by atoms with Crippen LogP contribution in [0.25, 0.3) is 0 Å². The van der Waals surface area contributed by atoms with Gasteiger partial charge in [0.25, 0.3) is 5.91 Å². The first-order valence-electron chi connectivity index (χ1n) is 11.2. The van der Waals surface area contributed by atoms with Crippen molar-refractivity contribution in [2.75, 3.05) is 12.4 Å². The van der Waals surface area contributed by atoms with Crippen molar-refractivity contribution in [2.45, 2.75) is 32.9 Å². The molecule has 1 unspecified atom stereocenters. The molecule has 4 rings (SSSR count). The Hall–Kier alpha value is -4.27. The van der Waals surface area contributed by atoms with Crippen molar-refractivity contribution in [3.63, 3.8) is 0 Å². The van der Waals surface area contributed by atoms with Crippen LogP contribution in [0, 0.1) is 12.7 Å². The molecule has 0 saturated heterocycles. The Morgan fingerprint density at radius 1 is 1.20 bits per heavy atom. The second-order valence-corrected chi connectivity index (χ2v) is 7.91. The van der Waals surface area contributed by atoms with E-state index < -0.39 is 5.82 Å². The largest absolute Gasteiger partial charge is 0.481 e. The number of rotatable bonds is 9. The number of halogens is 1. The van der Waals surface area contributed by atoms with Crippen LogP contribution in [0.3, 0.4) is 0 Å². The SMILES string of the molecule is CCC1C=C(Nc2cc(Oc3cccc(C(=O)NCc4cc(F)cnc4OC)c3C)ccn2)C=N1. The number of pyridine rings is 2. The van der Waals surface area contributed by atoms with E-state index in [1.165, 1.54) is 13.2 Å². The topological polar surface area (TPSA) is 97.7 Å². The third kappa shape index (κ3) is 5.81. The molecule has 9 heteroatoms. The average Bonchev–Trinajstić information content (AvgIpc) is 3.31. The summed E-state index contributed by atoms with van der Waals surface area (Å²) in [6.45, 7) is 3.95. The van der Waals surface area contributed by atoms with Crippen molar-refractivity contribution in [2.24, 2.45) is 4.99 Å². The molecule has 2 N–H and O–H groups in total. The molecule has 1 aromatic carbocycles. The van der Waals surface area contributed by atoms with Crippen LogP contribution in [0.15, 0.2) is 65.6 Å². The molecule has 0 saturated carbocycles. The normalized spacial score (nSPS) is 14.4. The van der Waals surface area contributed by atoms with E-state index in [4.69, 9.17) is 9.47 Å². The lowest BCUT2D eigenvalue weighted by Gasteiger charge is -2.14. The Labute approximate surface area is 202 Å². The third-order valence-electron chi connectivity index (χ3n) is 5.48. The summed E-state index contributed by atoms with van der Waals surface area (Å²) >= 11 is 0. The van der Waals surface area contributed by atoms with Crippen molar-refractivity contribution in [3.05, 3.63) is 83.1 Å². The van der Waals surface area contributed by atoms with E-state index in [1.807, 2.05) is 0 Å². The first kappa shape index (κ1) is 23.9. The Morgan fingerprint density at radius 3 is 2.83 bits per heavy atom. The summed E-state index contributed by atoms with van der Waals surface area (Å²) < 4.78 is 24.8. The molecule has 1 amide bonds. The lowest BCUT2D eigenvalue weighted by Crippen LogP contribution is -2.24. The number of carbonyl (C=O) groups is 1. The van der Waals surface area contributed by atoms with Crippen molar-refractivity contribution in [1.29, 1.82) is 0 Å². The maximum Gasteiger partial charge on any atom is 0.251 e. The van der Waals surface area contributed by atoms with E-state index in [0.29, 0.717) is 34.0 Å². The lowest BCUT2D eigenvalue weighted by atomic mass is 10.1. The molecule has 0 bridgehead atoms. The van der Waals surface area contributed by atoms with Gasteiger partial charge in [-0.15, -0.1) is 0 Å². The highest BCUT2D eigenvalue weighted by molar-refractivity contribution is 5.96. The number of nitrogens with one attached hydrogen (secondary N) is 2. The van der Waals surface area contributed by atoms with E-state index in [-0.39, 0.29) is 24.4 Å². The zero-order valence-electron chi connectivity index (χ0n) is 19.7. The minimum absolute atomic E-state index is 0.0642. The molecule has 1 aliphatic rings. The Morgan fingerprint density at radius 2 is 2.06 bits per heavy atom. The molecule has 1 aliphatic heterocycles. The summed E-state index contributed by atoms with van der Waals surface area (Å²) in [5, 5.41) is 6.02. The van der Waals surface area contributed by atoms with Gasteiger partial charge >= 0.3 is 0 Å².